The highest BCUT2D eigenvalue weighted by atomic mass is 16.4. The second-order valence-electron chi connectivity index (χ2n) is 7.47. The van der Waals surface area contributed by atoms with Gasteiger partial charge >= 0.3 is 5.63 Å². The van der Waals surface area contributed by atoms with Crippen molar-refractivity contribution in [2.24, 2.45) is 0 Å². The average molecular weight is 404 g/mol. The van der Waals surface area contributed by atoms with Crippen LogP contribution in [0.15, 0.2) is 45.6 Å². The predicted molar refractivity (Wildman–Crippen MR) is 112 cm³/mol. The highest BCUT2D eigenvalue weighted by Gasteiger charge is 2.32. The summed E-state index contributed by atoms with van der Waals surface area (Å²) in [6, 6.07) is 10.3. The second kappa shape index (κ2) is 7.26. The van der Waals surface area contributed by atoms with E-state index in [4.69, 9.17) is 4.42 Å². The lowest BCUT2D eigenvalue weighted by Crippen LogP contribution is -2.24. The first-order valence-electron chi connectivity index (χ1n) is 9.55. The number of imide groups is 1. The van der Waals surface area contributed by atoms with Crippen LogP contribution in [0.5, 0.6) is 0 Å². The molecule has 3 aromatic rings. The van der Waals surface area contributed by atoms with Crippen LogP contribution in [-0.2, 0) is 11.2 Å². The first-order valence-corrected chi connectivity index (χ1v) is 9.55. The number of benzene rings is 2. The number of hydrogen-bond donors (Lipinski definition) is 1. The predicted octanol–water partition coefficient (Wildman–Crippen LogP) is 3.21. The SMILES string of the molecule is Cc1ccc2c(C)c(CCC(=O)Nc3ccc4c(c3)C(=O)N(C)C4=O)c(=O)oc2c1. The van der Waals surface area contributed by atoms with Gasteiger partial charge in [-0.25, -0.2) is 4.79 Å². The molecule has 3 amide bonds. The Morgan fingerprint density at radius 3 is 2.50 bits per heavy atom. The van der Waals surface area contributed by atoms with E-state index in [9.17, 15) is 19.2 Å². The molecule has 152 valence electrons. The van der Waals surface area contributed by atoms with Crippen molar-refractivity contribution in [1.29, 1.82) is 0 Å². The van der Waals surface area contributed by atoms with E-state index < -0.39 is 11.5 Å². The maximum atomic E-state index is 12.4. The lowest BCUT2D eigenvalue weighted by molar-refractivity contribution is -0.116. The fraction of sp³-hybridized carbons (Fsp3) is 0.217. The number of nitrogens with zero attached hydrogens (tertiary/aromatic N) is 1. The third kappa shape index (κ3) is 3.28. The molecule has 0 bridgehead atoms. The van der Waals surface area contributed by atoms with Crippen LogP contribution in [0.2, 0.25) is 0 Å². The summed E-state index contributed by atoms with van der Waals surface area (Å²) in [4.78, 5) is 49.9. The molecule has 7 heteroatoms. The number of rotatable bonds is 4. The van der Waals surface area contributed by atoms with E-state index in [0.717, 1.165) is 21.4 Å². The quantitative estimate of drug-likeness (QED) is 0.532. The molecule has 30 heavy (non-hydrogen) atoms. The molecule has 2 heterocycles. The maximum absolute atomic E-state index is 12.4. The zero-order valence-corrected chi connectivity index (χ0v) is 16.9. The largest absolute Gasteiger partial charge is 0.423 e. The summed E-state index contributed by atoms with van der Waals surface area (Å²) in [6.45, 7) is 3.77. The summed E-state index contributed by atoms with van der Waals surface area (Å²) in [6.07, 6.45) is 0.307. The summed E-state index contributed by atoms with van der Waals surface area (Å²) in [5.74, 6) is -1.06. The third-order valence-corrected chi connectivity index (χ3v) is 5.42. The molecule has 0 radical (unpaired) electrons. The van der Waals surface area contributed by atoms with Crippen LogP contribution in [0.25, 0.3) is 11.0 Å². The van der Waals surface area contributed by atoms with Gasteiger partial charge in [-0.05, 0) is 55.7 Å². The Bertz CT molecular complexity index is 1290. The highest BCUT2D eigenvalue weighted by Crippen LogP contribution is 2.25. The van der Waals surface area contributed by atoms with Gasteiger partial charge in [-0.15, -0.1) is 0 Å². The first kappa shape index (κ1) is 19.6. The standard InChI is InChI=1S/C23H20N2O5/c1-12-4-6-15-13(2)16(23(29)30-19(15)10-12)8-9-20(26)24-14-5-7-17-18(11-14)22(28)25(3)21(17)27/h4-7,10-11H,8-9H2,1-3H3,(H,24,26). The van der Waals surface area contributed by atoms with E-state index in [1.807, 2.05) is 32.0 Å². The molecule has 1 N–H and O–H groups in total. The topological polar surface area (TPSA) is 96.7 Å². The van der Waals surface area contributed by atoms with E-state index in [1.165, 1.54) is 19.2 Å². The molecule has 4 rings (SSSR count). The van der Waals surface area contributed by atoms with Crippen LogP contribution in [0.3, 0.4) is 0 Å². The summed E-state index contributed by atoms with van der Waals surface area (Å²) in [5, 5.41) is 3.57. The summed E-state index contributed by atoms with van der Waals surface area (Å²) < 4.78 is 5.43. The molecule has 1 aromatic heterocycles. The van der Waals surface area contributed by atoms with Crippen LogP contribution < -0.4 is 10.9 Å². The third-order valence-electron chi connectivity index (χ3n) is 5.42. The molecule has 0 aliphatic carbocycles. The van der Waals surface area contributed by atoms with E-state index in [2.05, 4.69) is 5.32 Å². The Balaban J connectivity index is 1.50. The zero-order valence-electron chi connectivity index (χ0n) is 16.9. The van der Waals surface area contributed by atoms with E-state index in [-0.39, 0.29) is 30.2 Å². The smallest absolute Gasteiger partial charge is 0.339 e. The first-order chi connectivity index (χ1) is 14.3. The minimum atomic E-state index is -0.442. The number of nitrogens with one attached hydrogen (secondary N) is 1. The van der Waals surface area contributed by atoms with Gasteiger partial charge in [-0.2, -0.15) is 0 Å². The normalized spacial score (nSPS) is 13.1. The Hall–Kier alpha value is -3.74. The number of anilines is 1. The monoisotopic (exact) mass is 404 g/mol. The fourth-order valence-corrected chi connectivity index (χ4v) is 3.69. The molecule has 0 saturated carbocycles. The van der Waals surface area contributed by atoms with Gasteiger partial charge in [0.05, 0.1) is 11.1 Å². The summed E-state index contributed by atoms with van der Waals surface area (Å²) in [7, 11) is 1.42. The highest BCUT2D eigenvalue weighted by molar-refractivity contribution is 6.21. The van der Waals surface area contributed by atoms with Gasteiger partial charge in [0, 0.05) is 30.1 Å². The molecule has 7 nitrogen and oxygen atoms in total. The van der Waals surface area contributed by atoms with Gasteiger partial charge in [0.2, 0.25) is 5.91 Å². The maximum Gasteiger partial charge on any atom is 0.339 e. The van der Waals surface area contributed by atoms with Crippen LogP contribution in [0.4, 0.5) is 5.69 Å². The lowest BCUT2D eigenvalue weighted by atomic mass is 10.0. The van der Waals surface area contributed by atoms with Crippen molar-refractivity contribution in [3.63, 3.8) is 0 Å². The van der Waals surface area contributed by atoms with Crippen molar-refractivity contribution in [2.45, 2.75) is 26.7 Å². The number of fused-ring (bicyclic) bond motifs is 2. The molecule has 1 aliphatic heterocycles. The minimum absolute atomic E-state index is 0.0762. The number of carbonyl (C=O) groups excluding carboxylic acids is 3. The number of carbonyl (C=O) groups is 3. The van der Waals surface area contributed by atoms with Crippen molar-refractivity contribution in [2.75, 3.05) is 12.4 Å². The van der Waals surface area contributed by atoms with Gasteiger partial charge < -0.3 is 9.73 Å². The fourth-order valence-electron chi connectivity index (χ4n) is 3.69. The van der Waals surface area contributed by atoms with Gasteiger partial charge in [0.25, 0.3) is 11.8 Å². The Morgan fingerprint density at radius 1 is 1.00 bits per heavy atom. The van der Waals surface area contributed by atoms with Crippen molar-refractivity contribution >= 4 is 34.4 Å². The molecule has 0 atom stereocenters. The van der Waals surface area contributed by atoms with E-state index >= 15 is 0 Å². The number of hydrogen-bond acceptors (Lipinski definition) is 5. The van der Waals surface area contributed by atoms with Crippen molar-refractivity contribution < 1.29 is 18.8 Å². The van der Waals surface area contributed by atoms with Gasteiger partial charge in [-0.1, -0.05) is 12.1 Å². The van der Waals surface area contributed by atoms with Crippen LogP contribution in [0.1, 0.15) is 43.8 Å². The number of aryl methyl sites for hydroxylation is 2. The second-order valence-corrected chi connectivity index (χ2v) is 7.47. The Kier molecular flexibility index (Phi) is 4.73. The van der Waals surface area contributed by atoms with Crippen molar-refractivity contribution in [3.8, 4) is 0 Å². The van der Waals surface area contributed by atoms with Gasteiger partial charge in [0.1, 0.15) is 5.58 Å². The average Bonchev–Trinajstić information content (AvgIpc) is 2.91. The summed E-state index contributed by atoms with van der Waals surface area (Å²) >= 11 is 0. The van der Waals surface area contributed by atoms with Crippen LogP contribution in [-0.4, -0.2) is 29.7 Å². The molecular formula is C23H20N2O5. The zero-order chi connectivity index (χ0) is 21.6. The summed E-state index contributed by atoms with van der Waals surface area (Å²) in [5.41, 5.74) is 3.38. The van der Waals surface area contributed by atoms with Crippen molar-refractivity contribution in [3.05, 3.63) is 74.6 Å². The lowest BCUT2D eigenvalue weighted by Gasteiger charge is -2.09. The molecular weight excluding hydrogens is 384 g/mol. The Morgan fingerprint density at radius 2 is 1.73 bits per heavy atom. The molecule has 0 saturated heterocycles. The molecule has 0 unspecified atom stereocenters. The van der Waals surface area contributed by atoms with Crippen LogP contribution in [0, 0.1) is 13.8 Å². The van der Waals surface area contributed by atoms with Crippen LogP contribution >= 0.6 is 0 Å². The molecule has 2 aromatic carbocycles. The molecule has 0 fully saturated rings. The Labute approximate surface area is 172 Å². The van der Waals surface area contributed by atoms with Gasteiger partial charge in [-0.3, -0.25) is 19.3 Å². The number of amides is 3. The molecule has 1 aliphatic rings. The van der Waals surface area contributed by atoms with E-state index in [1.54, 1.807) is 6.07 Å². The van der Waals surface area contributed by atoms with E-state index in [0.29, 0.717) is 22.4 Å². The minimum Gasteiger partial charge on any atom is -0.423 e. The van der Waals surface area contributed by atoms with Crippen molar-refractivity contribution in [1.82, 2.24) is 4.90 Å². The van der Waals surface area contributed by atoms with Gasteiger partial charge in [0.15, 0.2) is 0 Å². The molecule has 0 spiro atoms.